The molecule has 5 nitrogen and oxygen atoms in total. The fourth-order valence-electron chi connectivity index (χ4n) is 2.52. The zero-order valence-electron chi connectivity index (χ0n) is 12.0. The Morgan fingerprint density at radius 3 is 2.86 bits per heavy atom. The molecule has 0 aliphatic carbocycles. The number of halogens is 2. The SMILES string of the molecule is Cl.N[C@@H]1CCN(C(=O)c2cnn(Cc3ccccc3Cl)c2)C1. The fraction of sp³-hybridized carbons (Fsp3) is 0.333. The van der Waals surface area contributed by atoms with Crippen molar-refractivity contribution in [2.24, 2.45) is 5.73 Å². The van der Waals surface area contributed by atoms with Gasteiger partial charge in [-0.25, -0.2) is 0 Å². The summed E-state index contributed by atoms with van der Waals surface area (Å²) < 4.78 is 1.73. The molecule has 1 aliphatic heterocycles. The Balaban J connectivity index is 0.00000176. The minimum absolute atomic E-state index is 0. The van der Waals surface area contributed by atoms with Gasteiger partial charge in [-0.2, -0.15) is 5.10 Å². The summed E-state index contributed by atoms with van der Waals surface area (Å²) in [5.41, 5.74) is 7.41. The van der Waals surface area contributed by atoms with Gasteiger partial charge in [0.2, 0.25) is 0 Å². The number of hydrogen-bond acceptors (Lipinski definition) is 3. The third kappa shape index (κ3) is 3.61. The highest BCUT2D eigenvalue weighted by Gasteiger charge is 2.25. The summed E-state index contributed by atoms with van der Waals surface area (Å²) in [6.07, 6.45) is 4.22. The van der Waals surface area contributed by atoms with Crippen molar-refractivity contribution in [2.45, 2.75) is 19.0 Å². The van der Waals surface area contributed by atoms with E-state index in [-0.39, 0.29) is 24.4 Å². The van der Waals surface area contributed by atoms with E-state index < -0.39 is 0 Å². The maximum atomic E-state index is 12.3. The van der Waals surface area contributed by atoms with Gasteiger partial charge in [0.25, 0.3) is 5.91 Å². The molecule has 0 radical (unpaired) electrons. The molecule has 3 rings (SSSR count). The first-order valence-corrected chi connectivity index (χ1v) is 7.32. The van der Waals surface area contributed by atoms with Gasteiger partial charge >= 0.3 is 0 Å². The highest BCUT2D eigenvalue weighted by molar-refractivity contribution is 6.31. The van der Waals surface area contributed by atoms with Crippen LogP contribution in [0.15, 0.2) is 36.7 Å². The summed E-state index contributed by atoms with van der Waals surface area (Å²) in [6.45, 7) is 1.89. The Kier molecular flexibility index (Phi) is 5.45. The molecule has 1 amide bonds. The van der Waals surface area contributed by atoms with Crippen molar-refractivity contribution in [3.63, 3.8) is 0 Å². The maximum Gasteiger partial charge on any atom is 0.257 e. The molecular formula is C15H18Cl2N4O. The van der Waals surface area contributed by atoms with Crippen LogP contribution in [0, 0.1) is 0 Å². The lowest BCUT2D eigenvalue weighted by Gasteiger charge is -2.14. The number of benzene rings is 1. The molecule has 1 aliphatic rings. The second-order valence-corrected chi connectivity index (χ2v) is 5.73. The average molecular weight is 341 g/mol. The third-order valence-electron chi connectivity index (χ3n) is 3.68. The average Bonchev–Trinajstić information content (AvgIpc) is 3.10. The van der Waals surface area contributed by atoms with E-state index in [0.29, 0.717) is 23.7 Å². The number of amides is 1. The fourth-order valence-corrected chi connectivity index (χ4v) is 2.71. The molecule has 0 saturated carbocycles. The van der Waals surface area contributed by atoms with E-state index in [1.165, 1.54) is 0 Å². The van der Waals surface area contributed by atoms with E-state index in [1.807, 2.05) is 24.3 Å². The first kappa shape index (κ1) is 16.8. The molecule has 1 aromatic carbocycles. The molecule has 1 aromatic heterocycles. The number of carbonyl (C=O) groups is 1. The third-order valence-corrected chi connectivity index (χ3v) is 4.05. The topological polar surface area (TPSA) is 64.2 Å². The van der Waals surface area contributed by atoms with Crippen molar-refractivity contribution in [2.75, 3.05) is 13.1 Å². The summed E-state index contributed by atoms with van der Waals surface area (Å²) >= 11 is 6.13. The van der Waals surface area contributed by atoms with Crippen molar-refractivity contribution in [3.05, 3.63) is 52.8 Å². The Labute approximate surface area is 140 Å². The van der Waals surface area contributed by atoms with Crippen LogP contribution in [-0.4, -0.2) is 39.7 Å². The molecule has 22 heavy (non-hydrogen) atoms. The Hall–Kier alpha value is -1.56. The lowest BCUT2D eigenvalue weighted by molar-refractivity contribution is 0.0791. The van der Waals surface area contributed by atoms with Crippen LogP contribution in [0.1, 0.15) is 22.3 Å². The summed E-state index contributed by atoms with van der Waals surface area (Å²) in [6, 6.07) is 7.71. The number of rotatable bonds is 3. The predicted molar refractivity (Wildman–Crippen MR) is 88.5 cm³/mol. The van der Waals surface area contributed by atoms with Crippen molar-refractivity contribution in [3.8, 4) is 0 Å². The molecule has 1 atom stereocenters. The Morgan fingerprint density at radius 2 is 2.18 bits per heavy atom. The number of likely N-dealkylation sites (tertiary alicyclic amines) is 1. The second-order valence-electron chi connectivity index (χ2n) is 5.32. The molecule has 7 heteroatoms. The maximum absolute atomic E-state index is 12.3. The zero-order valence-corrected chi connectivity index (χ0v) is 13.6. The summed E-state index contributed by atoms with van der Waals surface area (Å²) in [7, 11) is 0. The second kappa shape index (κ2) is 7.13. The first-order chi connectivity index (χ1) is 10.1. The summed E-state index contributed by atoms with van der Waals surface area (Å²) in [5, 5.41) is 4.94. The van der Waals surface area contributed by atoms with Gasteiger partial charge in [0.15, 0.2) is 0 Å². The van der Waals surface area contributed by atoms with Gasteiger partial charge in [0.05, 0.1) is 18.3 Å². The van der Waals surface area contributed by atoms with Gasteiger partial charge in [-0.1, -0.05) is 29.8 Å². The van der Waals surface area contributed by atoms with Crippen LogP contribution in [0.3, 0.4) is 0 Å². The summed E-state index contributed by atoms with van der Waals surface area (Å²) in [4.78, 5) is 14.1. The number of nitrogens with two attached hydrogens (primary N) is 1. The van der Waals surface area contributed by atoms with Crippen LogP contribution >= 0.6 is 24.0 Å². The van der Waals surface area contributed by atoms with Crippen molar-refractivity contribution in [1.29, 1.82) is 0 Å². The van der Waals surface area contributed by atoms with Crippen LogP contribution < -0.4 is 5.73 Å². The van der Waals surface area contributed by atoms with E-state index in [9.17, 15) is 4.79 Å². The zero-order chi connectivity index (χ0) is 14.8. The van der Waals surface area contributed by atoms with Gasteiger partial charge in [0.1, 0.15) is 0 Å². The van der Waals surface area contributed by atoms with Gasteiger partial charge in [-0.05, 0) is 18.1 Å². The smallest absolute Gasteiger partial charge is 0.257 e. The number of nitrogens with zero attached hydrogens (tertiary/aromatic N) is 3. The first-order valence-electron chi connectivity index (χ1n) is 6.94. The van der Waals surface area contributed by atoms with Crippen molar-refractivity contribution < 1.29 is 4.79 Å². The van der Waals surface area contributed by atoms with Crippen molar-refractivity contribution >= 4 is 29.9 Å². The van der Waals surface area contributed by atoms with E-state index in [1.54, 1.807) is 22.0 Å². The molecule has 0 unspecified atom stereocenters. The minimum atomic E-state index is -0.00615. The van der Waals surface area contributed by atoms with Gasteiger partial charge in [-0.15, -0.1) is 12.4 Å². The summed E-state index contributed by atoms with van der Waals surface area (Å²) in [5.74, 6) is -0.00615. The standard InChI is InChI=1S/C15H17ClN4O.ClH/c16-14-4-2-1-3-11(14)8-20-9-12(7-18-20)15(21)19-6-5-13(17)10-19;/h1-4,7,9,13H,5-6,8,10,17H2;1H/t13-;/m1./s1. The monoisotopic (exact) mass is 340 g/mol. The molecule has 0 bridgehead atoms. The molecule has 2 heterocycles. The lowest BCUT2D eigenvalue weighted by atomic mass is 10.2. The predicted octanol–water partition coefficient (Wildman–Crippen LogP) is 2.18. The minimum Gasteiger partial charge on any atom is -0.337 e. The van der Waals surface area contributed by atoms with Crippen LogP contribution in [-0.2, 0) is 6.54 Å². The van der Waals surface area contributed by atoms with Gasteiger partial charge < -0.3 is 10.6 Å². The van der Waals surface area contributed by atoms with Gasteiger partial charge in [0, 0.05) is 30.4 Å². The number of hydrogen-bond donors (Lipinski definition) is 1. The van der Waals surface area contributed by atoms with Crippen LogP contribution in [0.5, 0.6) is 0 Å². The Morgan fingerprint density at radius 1 is 1.41 bits per heavy atom. The van der Waals surface area contributed by atoms with Crippen LogP contribution in [0.2, 0.25) is 5.02 Å². The molecule has 118 valence electrons. The molecule has 1 fully saturated rings. The largest absolute Gasteiger partial charge is 0.337 e. The molecule has 1 saturated heterocycles. The number of carbonyl (C=O) groups excluding carboxylic acids is 1. The highest BCUT2D eigenvalue weighted by atomic mass is 35.5. The lowest BCUT2D eigenvalue weighted by Crippen LogP contribution is -2.31. The Bertz CT molecular complexity index is 658. The highest BCUT2D eigenvalue weighted by Crippen LogP contribution is 2.17. The molecule has 0 spiro atoms. The van der Waals surface area contributed by atoms with Crippen LogP contribution in [0.4, 0.5) is 0 Å². The van der Waals surface area contributed by atoms with Crippen LogP contribution in [0.25, 0.3) is 0 Å². The van der Waals surface area contributed by atoms with E-state index in [0.717, 1.165) is 18.5 Å². The van der Waals surface area contributed by atoms with E-state index >= 15 is 0 Å². The van der Waals surface area contributed by atoms with Crippen molar-refractivity contribution in [1.82, 2.24) is 14.7 Å². The quantitative estimate of drug-likeness (QED) is 0.931. The molecule has 2 aromatic rings. The normalized spacial score (nSPS) is 17.4. The molecular weight excluding hydrogens is 323 g/mol. The van der Waals surface area contributed by atoms with E-state index in [4.69, 9.17) is 17.3 Å². The van der Waals surface area contributed by atoms with E-state index in [2.05, 4.69) is 5.10 Å². The molecule has 2 N–H and O–H groups in total. The van der Waals surface area contributed by atoms with Gasteiger partial charge in [-0.3, -0.25) is 9.48 Å². The number of aromatic nitrogens is 2.